The van der Waals surface area contributed by atoms with Gasteiger partial charge in [-0.05, 0) is 83.2 Å². The molecule has 4 aromatic carbocycles. The summed E-state index contributed by atoms with van der Waals surface area (Å²) in [6.07, 6.45) is 12.0. The molecule has 2 heterocycles. The van der Waals surface area contributed by atoms with Crippen LogP contribution in [0.4, 0.5) is 5.69 Å². The average Bonchev–Trinajstić information content (AvgIpc) is 3.59. The molecule has 7 rings (SSSR count). The molecule has 0 atom stereocenters. The molecule has 0 radical (unpaired) electrons. The minimum atomic E-state index is -0.0847. The zero-order valence-electron chi connectivity index (χ0n) is 26.3. The van der Waals surface area contributed by atoms with E-state index in [9.17, 15) is 0 Å². The Balaban J connectivity index is 1.42. The van der Waals surface area contributed by atoms with Gasteiger partial charge in [0.2, 0.25) is 0 Å². The Kier molecular flexibility index (Phi) is 6.86. The monoisotopic (exact) mass is 584 g/mol. The molecular formula is C41H36N4. The summed E-state index contributed by atoms with van der Waals surface area (Å²) in [5, 5.41) is 0. The lowest BCUT2D eigenvalue weighted by atomic mass is 9.82. The van der Waals surface area contributed by atoms with E-state index in [1.54, 1.807) is 0 Å². The highest BCUT2D eigenvalue weighted by Gasteiger charge is 2.36. The van der Waals surface area contributed by atoms with Gasteiger partial charge < -0.3 is 4.90 Å². The van der Waals surface area contributed by atoms with Crippen LogP contribution in [0, 0.1) is 6.92 Å². The van der Waals surface area contributed by atoms with E-state index in [-0.39, 0.29) is 5.41 Å². The van der Waals surface area contributed by atoms with Gasteiger partial charge in [0.1, 0.15) is 12.1 Å². The van der Waals surface area contributed by atoms with Gasteiger partial charge in [0, 0.05) is 28.6 Å². The van der Waals surface area contributed by atoms with Gasteiger partial charge in [0.15, 0.2) is 0 Å². The fraction of sp³-hybridized carbons (Fsp3) is 0.122. The number of allylic oxidation sites excluding steroid dienone is 5. The van der Waals surface area contributed by atoms with Crippen LogP contribution in [0.1, 0.15) is 48.6 Å². The molecule has 0 saturated heterocycles. The van der Waals surface area contributed by atoms with Gasteiger partial charge in [0.25, 0.3) is 0 Å². The first kappa shape index (κ1) is 28.3. The normalized spacial score (nSPS) is 15.5. The SMILES string of the molecule is C=C(/C=C(\N=C(/C)c1cccc2c1-c1ccccc1C2(C)C)n1cnc2ccc(N3C=CC=CC3=C)c(C)c21)c1ccccc1. The molecule has 5 aromatic rings. The van der Waals surface area contributed by atoms with Crippen molar-refractivity contribution >= 4 is 33.8 Å². The van der Waals surface area contributed by atoms with Crippen LogP contribution in [0.5, 0.6) is 0 Å². The van der Waals surface area contributed by atoms with Crippen molar-refractivity contribution in [2.75, 3.05) is 4.90 Å². The summed E-state index contributed by atoms with van der Waals surface area (Å²) in [5.41, 5.74) is 14.1. The molecule has 1 aliphatic carbocycles. The van der Waals surface area contributed by atoms with Gasteiger partial charge in [0.05, 0.1) is 16.7 Å². The quantitative estimate of drug-likeness (QED) is 0.147. The van der Waals surface area contributed by atoms with Crippen LogP contribution >= 0.6 is 0 Å². The molecule has 2 aliphatic rings. The molecule has 0 bridgehead atoms. The number of rotatable bonds is 6. The van der Waals surface area contributed by atoms with E-state index in [0.29, 0.717) is 0 Å². The van der Waals surface area contributed by atoms with Crippen molar-refractivity contribution in [3.63, 3.8) is 0 Å². The second kappa shape index (κ2) is 10.9. The summed E-state index contributed by atoms with van der Waals surface area (Å²) in [7, 11) is 0. The highest BCUT2D eigenvalue weighted by molar-refractivity contribution is 6.08. The fourth-order valence-electron chi connectivity index (χ4n) is 6.74. The van der Waals surface area contributed by atoms with Crippen molar-refractivity contribution < 1.29 is 0 Å². The summed E-state index contributed by atoms with van der Waals surface area (Å²) in [5.74, 6) is 0.750. The largest absolute Gasteiger partial charge is 0.317 e. The predicted octanol–water partition coefficient (Wildman–Crippen LogP) is 10.1. The van der Waals surface area contributed by atoms with Crippen LogP contribution in [0.2, 0.25) is 0 Å². The van der Waals surface area contributed by atoms with Gasteiger partial charge in [-0.15, -0.1) is 0 Å². The van der Waals surface area contributed by atoms with Gasteiger partial charge in [-0.25, -0.2) is 9.98 Å². The molecule has 0 unspecified atom stereocenters. The van der Waals surface area contributed by atoms with Gasteiger partial charge >= 0.3 is 0 Å². The molecule has 0 fully saturated rings. The second-order valence-electron chi connectivity index (χ2n) is 12.2. The van der Waals surface area contributed by atoms with Crippen molar-refractivity contribution in [1.82, 2.24) is 9.55 Å². The molecule has 4 heteroatoms. The fourth-order valence-corrected chi connectivity index (χ4v) is 6.74. The van der Waals surface area contributed by atoms with E-state index >= 15 is 0 Å². The zero-order chi connectivity index (χ0) is 31.3. The number of aliphatic imine (C=N–C) groups is 1. The summed E-state index contributed by atoms with van der Waals surface area (Å²) >= 11 is 0. The van der Waals surface area contributed by atoms with Crippen LogP contribution in [0.15, 0.2) is 146 Å². The van der Waals surface area contributed by atoms with E-state index in [1.807, 2.05) is 49.0 Å². The maximum Gasteiger partial charge on any atom is 0.139 e. The third-order valence-electron chi connectivity index (χ3n) is 9.11. The smallest absolute Gasteiger partial charge is 0.139 e. The Morgan fingerprint density at radius 1 is 0.889 bits per heavy atom. The number of imidazole rings is 1. The summed E-state index contributed by atoms with van der Waals surface area (Å²) < 4.78 is 2.10. The summed E-state index contributed by atoms with van der Waals surface area (Å²) in [6.45, 7) is 17.6. The Morgan fingerprint density at radius 2 is 1.64 bits per heavy atom. The molecule has 4 nitrogen and oxygen atoms in total. The number of anilines is 1. The first-order chi connectivity index (χ1) is 21.8. The van der Waals surface area contributed by atoms with E-state index in [0.717, 1.165) is 56.2 Å². The zero-order valence-corrected chi connectivity index (χ0v) is 26.3. The Morgan fingerprint density at radius 3 is 2.44 bits per heavy atom. The molecule has 0 amide bonds. The molecule has 1 aliphatic heterocycles. The molecular weight excluding hydrogens is 548 g/mol. The van der Waals surface area contributed by atoms with Gasteiger partial charge in [-0.1, -0.05) is 106 Å². The van der Waals surface area contributed by atoms with Crippen molar-refractivity contribution in [1.29, 1.82) is 0 Å². The van der Waals surface area contributed by atoms with E-state index in [4.69, 9.17) is 9.98 Å². The summed E-state index contributed by atoms with van der Waals surface area (Å²) in [4.78, 5) is 12.3. The van der Waals surface area contributed by atoms with Crippen molar-refractivity contribution in [2.45, 2.75) is 33.1 Å². The number of nitrogens with zero attached hydrogens (tertiary/aromatic N) is 4. The van der Waals surface area contributed by atoms with Gasteiger partial charge in [-0.2, -0.15) is 0 Å². The van der Waals surface area contributed by atoms with Crippen LogP contribution < -0.4 is 4.90 Å². The maximum atomic E-state index is 5.38. The van der Waals surface area contributed by atoms with Crippen molar-refractivity contribution in [3.05, 3.63) is 168 Å². The minimum absolute atomic E-state index is 0.0847. The molecule has 1 aromatic heterocycles. The number of hydrogen-bond donors (Lipinski definition) is 0. The third-order valence-corrected chi connectivity index (χ3v) is 9.11. The summed E-state index contributed by atoms with van der Waals surface area (Å²) in [6, 6.07) is 29.8. The molecule has 0 N–H and O–H groups in total. The lowest BCUT2D eigenvalue weighted by Gasteiger charge is -2.25. The first-order valence-electron chi connectivity index (χ1n) is 15.3. The van der Waals surface area contributed by atoms with Crippen LogP contribution in [-0.4, -0.2) is 15.3 Å². The van der Waals surface area contributed by atoms with E-state index in [1.165, 1.54) is 22.3 Å². The third kappa shape index (κ3) is 4.70. The molecule has 0 spiro atoms. The number of benzene rings is 4. The van der Waals surface area contributed by atoms with E-state index in [2.05, 4.69) is 123 Å². The van der Waals surface area contributed by atoms with Crippen molar-refractivity contribution in [3.8, 4) is 11.1 Å². The predicted molar refractivity (Wildman–Crippen MR) is 190 cm³/mol. The van der Waals surface area contributed by atoms with Crippen LogP contribution in [0.25, 0.3) is 33.6 Å². The number of hydrogen-bond acceptors (Lipinski definition) is 3. The van der Waals surface area contributed by atoms with Gasteiger partial charge in [-0.3, -0.25) is 4.57 Å². The van der Waals surface area contributed by atoms with E-state index < -0.39 is 0 Å². The molecule has 45 heavy (non-hydrogen) atoms. The average molecular weight is 585 g/mol. The number of aryl methyl sites for hydroxylation is 1. The number of fused-ring (bicyclic) bond motifs is 4. The topological polar surface area (TPSA) is 33.4 Å². The highest BCUT2D eigenvalue weighted by Crippen LogP contribution is 2.50. The highest BCUT2D eigenvalue weighted by atomic mass is 15.2. The second-order valence-corrected chi connectivity index (χ2v) is 12.2. The van der Waals surface area contributed by atoms with Crippen LogP contribution in [0.3, 0.4) is 0 Å². The maximum absolute atomic E-state index is 5.38. The van der Waals surface area contributed by atoms with Crippen LogP contribution in [-0.2, 0) is 5.41 Å². The lowest BCUT2D eigenvalue weighted by Crippen LogP contribution is -2.16. The molecule has 220 valence electrons. The lowest BCUT2D eigenvalue weighted by molar-refractivity contribution is 0.660. The molecule has 0 saturated carbocycles. The minimum Gasteiger partial charge on any atom is -0.317 e. The Labute approximate surface area is 265 Å². The van der Waals surface area contributed by atoms with Crippen molar-refractivity contribution in [2.24, 2.45) is 4.99 Å². The number of aromatic nitrogens is 2. The first-order valence-corrected chi connectivity index (χ1v) is 15.3. The Bertz CT molecular complexity index is 2130. The standard InChI is InChI=1S/C41H36N4/c1-27(31-16-8-7-9-17-31)25-38(45-26-42-36-22-23-37(29(3)40(36)45)44-24-13-12-15-28(44)2)43-30(4)32-19-14-21-35-39(32)33-18-10-11-20-34(33)41(35,5)6/h7-26H,1-2H2,3-6H3/b38-25+,43-30+. The Hall–Kier alpha value is -5.48.